The van der Waals surface area contributed by atoms with Gasteiger partial charge in [-0.05, 0) is 32.0 Å². The summed E-state index contributed by atoms with van der Waals surface area (Å²) in [4.78, 5) is 3.33. The molecular weight excluding hydrogens is 340 g/mol. The molecule has 5 heteroatoms. The van der Waals surface area contributed by atoms with Crippen molar-refractivity contribution in [3.63, 3.8) is 0 Å². The normalized spacial score (nSPS) is 26.7. The van der Waals surface area contributed by atoms with Crippen LogP contribution >= 0.6 is 12.2 Å². The van der Waals surface area contributed by atoms with E-state index in [4.69, 9.17) is 12.2 Å². The number of hydrogen-bond acceptors (Lipinski definition) is 1. The molecule has 1 saturated heterocycles. The van der Waals surface area contributed by atoms with Gasteiger partial charge in [-0.2, -0.15) is 0 Å². The highest BCUT2D eigenvalue weighted by molar-refractivity contribution is 7.80. The van der Waals surface area contributed by atoms with Crippen LogP contribution in [0.3, 0.4) is 0 Å². The molecule has 1 aromatic rings. The Morgan fingerprint density at radius 3 is 2.35 bits per heavy atom. The summed E-state index contributed by atoms with van der Waals surface area (Å²) in [5.41, 5.74) is 1.42. The van der Waals surface area contributed by atoms with Gasteiger partial charge in [-0.15, -0.1) is 0 Å². The maximum atomic E-state index is 5.66. The second-order valence-corrected chi connectivity index (χ2v) is 8.65. The van der Waals surface area contributed by atoms with Crippen LogP contribution in [0.1, 0.15) is 50.6 Å². The molecule has 0 bridgehead atoms. The van der Waals surface area contributed by atoms with Crippen LogP contribution in [0.15, 0.2) is 30.3 Å². The van der Waals surface area contributed by atoms with Gasteiger partial charge >= 0.3 is 0 Å². The van der Waals surface area contributed by atoms with E-state index in [1.807, 2.05) is 0 Å². The third kappa shape index (κ3) is 5.41. The molecular formula is C21H36N4S+2. The molecule has 2 atom stereocenters. The van der Waals surface area contributed by atoms with E-state index in [1.54, 1.807) is 9.80 Å². The van der Waals surface area contributed by atoms with Crippen LogP contribution in [-0.4, -0.2) is 50.4 Å². The van der Waals surface area contributed by atoms with Crippen molar-refractivity contribution < 1.29 is 9.80 Å². The summed E-state index contributed by atoms with van der Waals surface area (Å²) in [6.45, 7) is 7.23. The number of benzene rings is 1. The molecule has 4 nitrogen and oxygen atoms in total. The zero-order valence-corrected chi connectivity index (χ0v) is 17.2. The molecule has 144 valence electrons. The first-order valence-corrected chi connectivity index (χ1v) is 10.8. The lowest BCUT2D eigenvalue weighted by molar-refractivity contribution is -1.02. The van der Waals surface area contributed by atoms with Gasteiger partial charge in [-0.1, -0.05) is 49.6 Å². The van der Waals surface area contributed by atoms with Crippen molar-refractivity contribution in [2.45, 2.75) is 57.2 Å². The zero-order valence-electron chi connectivity index (χ0n) is 16.4. The van der Waals surface area contributed by atoms with Gasteiger partial charge < -0.3 is 20.4 Å². The number of hydrogen-bond donors (Lipinski definition) is 4. The Morgan fingerprint density at radius 2 is 1.69 bits per heavy atom. The summed E-state index contributed by atoms with van der Waals surface area (Å²) in [6.07, 6.45) is 6.54. The highest BCUT2D eigenvalue weighted by atomic mass is 32.1. The van der Waals surface area contributed by atoms with Gasteiger partial charge in [0.1, 0.15) is 32.2 Å². The maximum absolute atomic E-state index is 5.66. The Balaban J connectivity index is 1.64. The molecule has 1 aliphatic carbocycles. The van der Waals surface area contributed by atoms with Crippen molar-refractivity contribution in [3.05, 3.63) is 35.9 Å². The fourth-order valence-electron chi connectivity index (χ4n) is 4.61. The minimum atomic E-state index is 0.314. The number of rotatable bonds is 5. The van der Waals surface area contributed by atoms with E-state index >= 15 is 0 Å². The molecule has 1 aromatic carbocycles. The monoisotopic (exact) mass is 376 g/mol. The van der Waals surface area contributed by atoms with E-state index in [2.05, 4.69) is 54.9 Å². The first-order chi connectivity index (χ1) is 12.6. The predicted octanol–water partition coefficient (Wildman–Crippen LogP) is 0.326. The smallest absolute Gasteiger partial charge is 0.166 e. The van der Waals surface area contributed by atoms with Crippen molar-refractivity contribution in [3.8, 4) is 0 Å². The van der Waals surface area contributed by atoms with Crippen molar-refractivity contribution in [2.24, 2.45) is 0 Å². The molecule has 2 fully saturated rings. The molecule has 2 aliphatic rings. The van der Waals surface area contributed by atoms with Gasteiger partial charge in [0.05, 0.1) is 13.1 Å². The second-order valence-electron chi connectivity index (χ2n) is 8.25. The molecule has 1 saturated carbocycles. The largest absolute Gasteiger partial charge is 0.360 e. The number of nitrogens with one attached hydrogen (secondary N) is 4. The van der Waals surface area contributed by atoms with Crippen LogP contribution in [0.4, 0.5) is 0 Å². The Bertz CT molecular complexity index is 550. The first-order valence-electron chi connectivity index (χ1n) is 10.4. The fourth-order valence-corrected chi connectivity index (χ4v) is 4.96. The standard InChI is InChI=1S/C21H34N4S/c1-17(22-21(26)23-19-11-7-4-8-12-19)20(18-9-5-3-6-10-18)25-15-13-24(2)14-16-25/h3,5-6,9-10,17,19-20H,4,7-8,11-16H2,1-2H3,(H2,22,23,26)/p+2/t17-,20-/m1/s1. The number of piperazine rings is 1. The number of thiocarbonyl (C=S) groups is 1. The SMILES string of the molecule is C[C@@H](NC(=S)NC1CCCCC1)[C@H](c1ccccc1)[NH+]1CC[NH+](C)CC1. The Morgan fingerprint density at radius 1 is 1.04 bits per heavy atom. The van der Waals surface area contributed by atoms with E-state index in [0.717, 1.165) is 5.11 Å². The molecule has 1 heterocycles. The summed E-state index contributed by atoms with van der Waals surface area (Å²) < 4.78 is 0. The summed E-state index contributed by atoms with van der Waals surface area (Å²) in [7, 11) is 2.30. The topological polar surface area (TPSA) is 32.9 Å². The van der Waals surface area contributed by atoms with Gasteiger partial charge in [0.25, 0.3) is 0 Å². The lowest BCUT2D eigenvalue weighted by Crippen LogP contribution is -3.27. The van der Waals surface area contributed by atoms with Gasteiger partial charge in [0, 0.05) is 11.6 Å². The number of likely N-dealkylation sites (N-methyl/N-ethyl adjacent to an activating group) is 1. The van der Waals surface area contributed by atoms with Gasteiger partial charge in [-0.3, -0.25) is 0 Å². The van der Waals surface area contributed by atoms with Crippen molar-refractivity contribution in [1.82, 2.24) is 10.6 Å². The predicted molar refractivity (Wildman–Crippen MR) is 112 cm³/mol. The molecule has 26 heavy (non-hydrogen) atoms. The zero-order chi connectivity index (χ0) is 18.4. The van der Waals surface area contributed by atoms with Crippen molar-refractivity contribution >= 4 is 17.3 Å². The van der Waals surface area contributed by atoms with E-state index in [1.165, 1.54) is 63.8 Å². The van der Waals surface area contributed by atoms with E-state index in [0.29, 0.717) is 18.1 Å². The third-order valence-corrected chi connectivity index (χ3v) is 6.38. The minimum Gasteiger partial charge on any atom is -0.360 e. The minimum absolute atomic E-state index is 0.314. The molecule has 4 N–H and O–H groups in total. The Hall–Kier alpha value is -1.17. The van der Waals surface area contributed by atoms with Crippen LogP contribution < -0.4 is 20.4 Å². The van der Waals surface area contributed by atoms with Gasteiger partial charge in [0.15, 0.2) is 5.11 Å². The first kappa shape index (κ1) is 19.6. The Labute approximate surface area is 164 Å². The summed E-state index contributed by atoms with van der Waals surface area (Å²) in [6, 6.07) is 12.3. The van der Waals surface area contributed by atoms with Crippen LogP contribution in [0.5, 0.6) is 0 Å². The van der Waals surface area contributed by atoms with Crippen molar-refractivity contribution in [1.29, 1.82) is 0 Å². The molecule has 0 aromatic heterocycles. The van der Waals surface area contributed by atoms with Crippen molar-refractivity contribution in [2.75, 3.05) is 33.2 Å². The lowest BCUT2D eigenvalue weighted by atomic mass is 9.95. The Kier molecular flexibility index (Phi) is 7.29. The van der Waals surface area contributed by atoms with Gasteiger partial charge in [-0.25, -0.2) is 0 Å². The second kappa shape index (κ2) is 9.67. The third-order valence-electron chi connectivity index (χ3n) is 6.14. The fraction of sp³-hybridized carbons (Fsp3) is 0.667. The molecule has 1 aliphatic heterocycles. The van der Waals surface area contributed by atoms with Gasteiger partial charge in [0.2, 0.25) is 0 Å². The van der Waals surface area contributed by atoms with Crippen LogP contribution in [-0.2, 0) is 0 Å². The number of quaternary nitrogens is 2. The highest BCUT2D eigenvalue weighted by Gasteiger charge is 2.33. The summed E-state index contributed by atoms with van der Waals surface area (Å²) in [5.74, 6) is 0. The lowest BCUT2D eigenvalue weighted by Gasteiger charge is -2.37. The summed E-state index contributed by atoms with van der Waals surface area (Å²) in [5, 5.41) is 8.04. The highest BCUT2D eigenvalue weighted by Crippen LogP contribution is 2.18. The summed E-state index contributed by atoms with van der Waals surface area (Å²) >= 11 is 5.66. The average molecular weight is 377 g/mol. The quantitative estimate of drug-likeness (QED) is 0.559. The maximum Gasteiger partial charge on any atom is 0.166 e. The average Bonchev–Trinajstić information content (AvgIpc) is 2.65. The molecule has 0 radical (unpaired) electrons. The van der Waals surface area contributed by atoms with E-state index < -0.39 is 0 Å². The molecule has 0 amide bonds. The van der Waals surface area contributed by atoms with Crippen LogP contribution in [0.2, 0.25) is 0 Å². The van der Waals surface area contributed by atoms with E-state index in [-0.39, 0.29) is 0 Å². The van der Waals surface area contributed by atoms with E-state index in [9.17, 15) is 0 Å². The molecule has 0 unspecified atom stereocenters. The van der Waals surface area contributed by atoms with Crippen LogP contribution in [0, 0.1) is 0 Å². The molecule has 3 rings (SSSR count). The molecule has 0 spiro atoms. The van der Waals surface area contributed by atoms with Crippen LogP contribution in [0.25, 0.3) is 0 Å².